The van der Waals surface area contributed by atoms with Gasteiger partial charge in [0.15, 0.2) is 6.29 Å². The van der Waals surface area contributed by atoms with E-state index in [2.05, 4.69) is 0 Å². The summed E-state index contributed by atoms with van der Waals surface area (Å²) in [4.78, 5) is 11.9. The second-order valence-electron chi connectivity index (χ2n) is 4.05. The Balaban J connectivity index is 3.22. The minimum atomic E-state index is -2.26. The monoisotopic (exact) mass is 275 g/mol. The van der Waals surface area contributed by atoms with E-state index in [-0.39, 0.29) is 6.61 Å². The van der Waals surface area contributed by atoms with Crippen LogP contribution in [0, 0.1) is 16.7 Å². The van der Waals surface area contributed by atoms with Crippen molar-refractivity contribution in [1.29, 1.82) is 5.26 Å². The van der Waals surface area contributed by atoms with Crippen LogP contribution >= 0.6 is 0 Å². The Morgan fingerprint density at radius 1 is 1.47 bits per heavy atom. The first kappa shape index (κ1) is 15.8. The van der Waals surface area contributed by atoms with Crippen LogP contribution < -0.4 is 0 Å². The molecule has 0 amide bonds. The quantitative estimate of drug-likeness (QED) is 0.510. The van der Waals surface area contributed by atoms with Crippen molar-refractivity contribution >= 4 is 5.97 Å². The topological polar surface area (TPSA) is 129 Å². The third kappa shape index (κ3) is 2.43. The SMILES string of the molecule is CCOC(=O)[C@@]1(C#N)[C@H](O)[C@@H](CO)O[C@@H](OC)[C@@H]1O. The first-order valence-electron chi connectivity index (χ1n) is 5.73. The number of rotatable bonds is 4. The van der Waals surface area contributed by atoms with Crippen LogP contribution in [-0.4, -0.2) is 66.2 Å². The molecule has 1 fully saturated rings. The lowest BCUT2D eigenvalue weighted by Gasteiger charge is -2.44. The van der Waals surface area contributed by atoms with Crippen LogP contribution in [0.25, 0.3) is 0 Å². The number of hydrogen-bond acceptors (Lipinski definition) is 8. The Morgan fingerprint density at radius 2 is 2.11 bits per heavy atom. The highest BCUT2D eigenvalue weighted by Crippen LogP contribution is 2.38. The summed E-state index contributed by atoms with van der Waals surface area (Å²) < 4.78 is 14.6. The molecule has 0 bridgehead atoms. The van der Waals surface area contributed by atoms with Crippen molar-refractivity contribution in [2.24, 2.45) is 5.41 Å². The fourth-order valence-corrected chi connectivity index (χ4v) is 2.00. The predicted molar refractivity (Wildman–Crippen MR) is 59.4 cm³/mol. The van der Waals surface area contributed by atoms with E-state index in [0.717, 1.165) is 0 Å². The number of methoxy groups -OCH3 is 1. The number of aliphatic hydroxyl groups excluding tert-OH is 3. The van der Waals surface area contributed by atoms with Crippen molar-refractivity contribution in [2.45, 2.75) is 31.5 Å². The standard InChI is InChI=1S/C11H17NO7/c1-3-18-10(16)11(5-12)7(14)6(4-13)19-9(17-2)8(11)15/h6-9,13-15H,3-4H2,1-2H3/t6-,7-,8+,9-,11+/m1/s1. The fraction of sp³-hybridized carbons (Fsp3) is 0.818. The number of ether oxygens (including phenoxy) is 3. The summed E-state index contributed by atoms with van der Waals surface area (Å²) >= 11 is 0. The van der Waals surface area contributed by atoms with Gasteiger partial charge in [-0.1, -0.05) is 0 Å². The third-order valence-corrected chi connectivity index (χ3v) is 3.06. The predicted octanol–water partition coefficient (Wildman–Crippen LogP) is -1.86. The molecule has 0 spiro atoms. The highest BCUT2D eigenvalue weighted by molar-refractivity contribution is 5.82. The largest absolute Gasteiger partial charge is 0.465 e. The summed E-state index contributed by atoms with van der Waals surface area (Å²) in [6.07, 6.45) is -6.04. The first-order valence-corrected chi connectivity index (χ1v) is 5.73. The number of esters is 1. The minimum Gasteiger partial charge on any atom is -0.465 e. The molecule has 0 unspecified atom stereocenters. The number of carbonyl (C=O) groups is 1. The molecule has 1 aliphatic heterocycles. The van der Waals surface area contributed by atoms with E-state index in [4.69, 9.17) is 19.3 Å². The number of hydrogen-bond donors (Lipinski definition) is 3. The van der Waals surface area contributed by atoms with E-state index >= 15 is 0 Å². The molecule has 1 aliphatic rings. The van der Waals surface area contributed by atoms with Gasteiger partial charge in [0.05, 0.1) is 19.3 Å². The Labute approximate surface area is 110 Å². The molecule has 1 saturated heterocycles. The summed E-state index contributed by atoms with van der Waals surface area (Å²) in [5, 5.41) is 38.4. The Hall–Kier alpha value is -1.24. The van der Waals surface area contributed by atoms with Gasteiger partial charge in [-0.3, -0.25) is 4.79 Å². The average Bonchev–Trinajstić information content (AvgIpc) is 2.40. The lowest BCUT2D eigenvalue weighted by Crippen LogP contribution is -2.65. The van der Waals surface area contributed by atoms with Gasteiger partial charge in [0.1, 0.15) is 18.3 Å². The number of carbonyl (C=O) groups excluding carboxylic acids is 1. The maximum atomic E-state index is 11.9. The van der Waals surface area contributed by atoms with E-state index < -0.39 is 42.6 Å². The van der Waals surface area contributed by atoms with Crippen molar-refractivity contribution in [3.63, 3.8) is 0 Å². The van der Waals surface area contributed by atoms with Gasteiger partial charge in [0.2, 0.25) is 5.41 Å². The maximum Gasteiger partial charge on any atom is 0.332 e. The lowest BCUT2D eigenvalue weighted by atomic mass is 9.73. The van der Waals surface area contributed by atoms with E-state index in [1.807, 2.05) is 0 Å². The molecular formula is C11H17NO7. The molecule has 3 N–H and O–H groups in total. The first-order chi connectivity index (χ1) is 8.99. The van der Waals surface area contributed by atoms with Crippen LogP contribution in [-0.2, 0) is 19.0 Å². The van der Waals surface area contributed by atoms with Gasteiger partial charge in [-0.15, -0.1) is 0 Å². The highest BCUT2D eigenvalue weighted by Gasteiger charge is 2.62. The van der Waals surface area contributed by atoms with Crippen LogP contribution in [0.1, 0.15) is 6.92 Å². The molecule has 8 nitrogen and oxygen atoms in total. The van der Waals surface area contributed by atoms with Gasteiger partial charge >= 0.3 is 5.97 Å². The van der Waals surface area contributed by atoms with Crippen LogP contribution in [0.4, 0.5) is 0 Å². The lowest BCUT2D eigenvalue weighted by molar-refractivity contribution is -0.296. The Kier molecular flexibility index (Phi) is 5.22. The van der Waals surface area contributed by atoms with Gasteiger partial charge in [0.25, 0.3) is 0 Å². The van der Waals surface area contributed by atoms with Crippen molar-refractivity contribution in [3.8, 4) is 6.07 Å². The van der Waals surface area contributed by atoms with Gasteiger partial charge in [-0.05, 0) is 6.92 Å². The number of nitriles is 1. The highest BCUT2D eigenvalue weighted by atomic mass is 16.7. The molecule has 0 saturated carbocycles. The third-order valence-electron chi connectivity index (χ3n) is 3.06. The van der Waals surface area contributed by atoms with Crippen molar-refractivity contribution < 1.29 is 34.3 Å². The molecule has 0 aromatic rings. The van der Waals surface area contributed by atoms with Crippen molar-refractivity contribution in [1.82, 2.24) is 0 Å². The molecular weight excluding hydrogens is 258 g/mol. The fourth-order valence-electron chi connectivity index (χ4n) is 2.00. The Morgan fingerprint density at radius 3 is 2.53 bits per heavy atom. The van der Waals surface area contributed by atoms with E-state index in [1.165, 1.54) is 14.0 Å². The molecule has 0 aliphatic carbocycles. The smallest absolute Gasteiger partial charge is 0.332 e. The molecule has 0 aromatic carbocycles. The summed E-state index contributed by atoms with van der Waals surface area (Å²) in [6, 6.07) is 1.58. The molecule has 8 heteroatoms. The maximum absolute atomic E-state index is 11.9. The summed E-state index contributed by atoms with van der Waals surface area (Å²) in [6.45, 7) is 0.860. The molecule has 0 aromatic heterocycles. The van der Waals surface area contributed by atoms with Crippen LogP contribution in [0.5, 0.6) is 0 Å². The van der Waals surface area contributed by atoms with Gasteiger partial charge in [-0.2, -0.15) is 5.26 Å². The zero-order valence-corrected chi connectivity index (χ0v) is 10.6. The average molecular weight is 275 g/mol. The minimum absolute atomic E-state index is 0.0238. The van der Waals surface area contributed by atoms with Gasteiger partial charge in [-0.25, -0.2) is 0 Å². The molecule has 19 heavy (non-hydrogen) atoms. The van der Waals surface area contributed by atoms with E-state index in [1.54, 1.807) is 6.07 Å². The summed E-state index contributed by atoms with van der Waals surface area (Å²) in [5.74, 6) is -1.08. The zero-order chi connectivity index (χ0) is 14.6. The molecule has 5 atom stereocenters. The van der Waals surface area contributed by atoms with Gasteiger partial charge in [0, 0.05) is 7.11 Å². The second kappa shape index (κ2) is 6.27. The van der Waals surface area contributed by atoms with Crippen molar-refractivity contribution in [2.75, 3.05) is 20.3 Å². The second-order valence-corrected chi connectivity index (χ2v) is 4.05. The number of aliphatic hydroxyl groups is 3. The molecule has 0 radical (unpaired) electrons. The summed E-state index contributed by atoms with van der Waals surface area (Å²) in [5.41, 5.74) is -2.26. The molecule has 1 heterocycles. The number of nitrogens with zero attached hydrogens (tertiary/aromatic N) is 1. The van der Waals surface area contributed by atoms with Crippen LogP contribution in [0.2, 0.25) is 0 Å². The Bertz CT molecular complexity index is 351. The van der Waals surface area contributed by atoms with Crippen LogP contribution in [0.15, 0.2) is 0 Å². The zero-order valence-electron chi connectivity index (χ0n) is 10.6. The summed E-state index contributed by atoms with van der Waals surface area (Å²) in [7, 11) is 1.20. The molecule has 1 rings (SSSR count). The van der Waals surface area contributed by atoms with Crippen molar-refractivity contribution in [3.05, 3.63) is 0 Å². The normalized spacial score (nSPS) is 38.5. The van der Waals surface area contributed by atoms with Crippen LogP contribution in [0.3, 0.4) is 0 Å². The van der Waals surface area contributed by atoms with Gasteiger partial charge < -0.3 is 29.5 Å². The van der Waals surface area contributed by atoms with E-state index in [0.29, 0.717) is 0 Å². The van der Waals surface area contributed by atoms with E-state index in [9.17, 15) is 20.3 Å². The molecule has 108 valence electrons.